The Morgan fingerprint density at radius 1 is 1.47 bits per heavy atom. The van der Waals surface area contributed by atoms with Crippen molar-refractivity contribution in [2.75, 3.05) is 20.3 Å². The molecule has 9 heteroatoms. The van der Waals surface area contributed by atoms with Crippen molar-refractivity contribution in [3.8, 4) is 0 Å². The van der Waals surface area contributed by atoms with E-state index in [4.69, 9.17) is 14.3 Å². The second-order valence-corrected chi connectivity index (χ2v) is 5.28. The number of hydrogen-bond donors (Lipinski definition) is 3. The molecule has 0 fully saturated rings. The molecule has 1 rings (SSSR count). The number of carboxylic acids is 1. The lowest BCUT2D eigenvalue weighted by atomic mass is 10.2. The number of aryl methyl sites for hydroxylation is 1. The van der Waals surface area contributed by atoms with E-state index in [1.807, 2.05) is 0 Å². The average molecular weight is 292 g/mol. The highest BCUT2D eigenvalue weighted by Gasteiger charge is 2.15. The summed E-state index contributed by atoms with van der Waals surface area (Å²) in [6, 6.07) is 1.29. The van der Waals surface area contributed by atoms with Gasteiger partial charge in [-0.15, -0.1) is 0 Å². The summed E-state index contributed by atoms with van der Waals surface area (Å²) in [6.07, 6.45) is 0. The summed E-state index contributed by atoms with van der Waals surface area (Å²) < 4.78 is 37.3. The molecule has 19 heavy (non-hydrogen) atoms. The van der Waals surface area contributed by atoms with Gasteiger partial charge in [0.2, 0.25) is 0 Å². The molecule has 1 heterocycles. The third-order valence-corrected chi connectivity index (χ3v) is 3.34. The van der Waals surface area contributed by atoms with Gasteiger partial charge >= 0.3 is 5.97 Å². The van der Waals surface area contributed by atoms with E-state index in [9.17, 15) is 13.2 Å². The van der Waals surface area contributed by atoms with Gasteiger partial charge < -0.3 is 14.3 Å². The van der Waals surface area contributed by atoms with Gasteiger partial charge in [-0.1, -0.05) is 0 Å². The molecule has 0 amide bonds. The number of aromatic carboxylic acids is 1. The fraction of sp³-hybridized carbons (Fsp3) is 0.500. The van der Waals surface area contributed by atoms with Gasteiger partial charge in [-0.25, -0.2) is 4.79 Å². The lowest BCUT2D eigenvalue weighted by Gasteiger charge is -2.06. The minimum absolute atomic E-state index is 0.0153. The number of carbonyl (C=O) groups is 1. The van der Waals surface area contributed by atoms with E-state index in [1.165, 1.54) is 20.1 Å². The van der Waals surface area contributed by atoms with Crippen molar-refractivity contribution in [1.82, 2.24) is 9.44 Å². The second kappa shape index (κ2) is 6.66. The Morgan fingerprint density at radius 2 is 2.16 bits per heavy atom. The van der Waals surface area contributed by atoms with Crippen LogP contribution in [0.2, 0.25) is 0 Å². The summed E-state index contributed by atoms with van der Waals surface area (Å²) in [5.41, 5.74) is 0.0153. The topological polar surface area (TPSA) is 118 Å². The van der Waals surface area contributed by atoms with Crippen molar-refractivity contribution in [2.24, 2.45) is 0 Å². The minimum Gasteiger partial charge on any atom is -0.478 e. The van der Waals surface area contributed by atoms with Crippen LogP contribution in [-0.4, -0.2) is 39.8 Å². The van der Waals surface area contributed by atoms with Crippen molar-refractivity contribution in [3.05, 3.63) is 23.2 Å². The van der Waals surface area contributed by atoms with E-state index in [0.29, 0.717) is 0 Å². The van der Waals surface area contributed by atoms with Gasteiger partial charge in [-0.3, -0.25) is 0 Å². The van der Waals surface area contributed by atoms with Gasteiger partial charge in [-0.2, -0.15) is 17.9 Å². The van der Waals surface area contributed by atoms with Gasteiger partial charge in [0.05, 0.1) is 13.2 Å². The summed E-state index contributed by atoms with van der Waals surface area (Å²) in [5.74, 6) is -0.658. The maximum Gasteiger partial charge on any atom is 0.339 e. The van der Waals surface area contributed by atoms with Crippen LogP contribution in [0.25, 0.3) is 0 Å². The zero-order valence-electron chi connectivity index (χ0n) is 10.6. The van der Waals surface area contributed by atoms with Crippen LogP contribution in [0.3, 0.4) is 0 Å². The summed E-state index contributed by atoms with van der Waals surface area (Å²) in [6.45, 7) is 1.77. The van der Waals surface area contributed by atoms with E-state index < -0.39 is 16.2 Å². The lowest BCUT2D eigenvalue weighted by molar-refractivity contribution is 0.0695. The number of methoxy groups -OCH3 is 1. The molecule has 1 aromatic rings. The Balaban J connectivity index is 2.57. The number of furan rings is 1. The largest absolute Gasteiger partial charge is 0.478 e. The number of carboxylic acid groups (broad SMARTS) is 1. The first kappa shape index (κ1) is 15.6. The highest BCUT2D eigenvalue weighted by molar-refractivity contribution is 7.87. The van der Waals surface area contributed by atoms with Crippen molar-refractivity contribution in [2.45, 2.75) is 13.5 Å². The molecule has 1 aromatic heterocycles. The summed E-state index contributed by atoms with van der Waals surface area (Å²) >= 11 is 0. The van der Waals surface area contributed by atoms with Crippen molar-refractivity contribution in [3.63, 3.8) is 0 Å². The molecule has 0 spiro atoms. The molecule has 8 nitrogen and oxygen atoms in total. The first-order valence-electron chi connectivity index (χ1n) is 5.41. The summed E-state index contributed by atoms with van der Waals surface area (Å²) in [5, 5.41) is 8.83. The Morgan fingerprint density at radius 3 is 2.68 bits per heavy atom. The Kier molecular flexibility index (Phi) is 5.48. The van der Waals surface area contributed by atoms with E-state index >= 15 is 0 Å². The third kappa shape index (κ3) is 4.99. The van der Waals surface area contributed by atoms with Crippen LogP contribution in [0.15, 0.2) is 10.5 Å². The molecular formula is C10H16N2O6S. The van der Waals surface area contributed by atoms with Crippen LogP contribution in [-0.2, 0) is 21.5 Å². The minimum atomic E-state index is -3.66. The lowest BCUT2D eigenvalue weighted by Crippen LogP contribution is -2.37. The Hall–Kier alpha value is -1.42. The van der Waals surface area contributed by atoms with E-state index in [-0.39, 0.29) is 36.8 Å². The predicted octanol–water partition coefficient (Wildman–Crippen LogP) is -0.143. The van der Waals surface area contributed by atoms with Gasteiger partial charge in [0.15, 0.2) is 0 Å². The Bertz CT molecular complexity index is 536. The van der Waals surface area contributed by atoms with Gasteiger partial charge in [0.25, 0.3) is 10.2 Å². The highest BCUT2D eigenvalue weighted by atomic mass is 32.2. The molecule has 0 saturated carbocycles. The van der Waals surface area contributed by atoms with E-state index in [1.54, 1.807) is 0 Å². The molecule has 0 bridgehead atoms. The normalized spacial score (nSPS) is 11.7. The maximum absolute atomic E-state index is 11.5. The van der Waals surface area contributed by atoms with Crippen LogP contribution >= 0.6 is 0 Å². The highest BCUT2D eigenvalue weighted by Crippen LogP contribution is 2.14. The molecule has 0 unspecified atom stereocenters. The number of rotatable bonds is 8. The Labute approximate surface area is 110 Å². The van der Waals surface area contributed by atoms with Crippen LogP contribution in [0.5, 0.6) is 0 Å². The molecule has 0 radical (unpaired) electrons. The van der Waals surface area contributed by atoms with Crippen LogP contribution in [0.1, 0.15) is 21.9 Å². The monoisotopic (exact) mass is 292 g/mol. The van der Waals surface area contributed by atoms with Crippen LogP contribution in [0.4, 0.5) is 0 Å². The smallest absolute Gasteiger partial charge is 0.339 e. The molecule has 108 valence electrons. The summed E-state index contributed by atoms with van der Waals surface area (Å²) in [4.78, 5) is 10.8. The first-order chi connectivity index (χ1) is 8.85. The summed E-state index contributed by atoms with van der Waals surface area (Å²) in [7, 11) is -2.20. The fourth-order valence-electron chi connectivity index (χ4n) is 1.34. The molecular weight excluding hydrogens is 276 g/mol. The SMILES string of the molecule is COCCNS(=O)(=O)NCc1cc(C(=O)O)c(C)o1. The van der Waals surface area contributed by atoms with Gasteiger partial charge in [-0.05, 0) is 13.0 Å². The zero-order valence-corrected chi connectivity index (χ0v) is 11.4. The standard InChI is InChI=1S/C10H16N2O6S/c1-7-9(10(13)14)5-8(18-7)6-12-19(15,16)11-3-4-17-2/h5,11-12H,3-4,6H2,1-2H3,(H,13,14). The third-order valence-electron chi connectivity index (χ3n) is 2.23. The quantitative estimate of drug-likeness (QED) is 0.574. The first-order valence-corrected chi connectivity index (χ1v) is 6.90. The van der Waals surface area contributed by atoms with Gasteiger partial charge in [0.1, 0.15) is 17.1 Å². The fourth-order valence-corrected chi connectivity index (χ4v) is 2.12. The average Bonchev–Trinajstić information content (AvgIpc) is 2.69. The number of hydrogen-bond acceptors (Lipinski definition) is 5. The molecule has 0 atom stereocenters. The van der Waals surface area contributed by atoms with Crippen LogP contribution < -0.4 is 9.44 Å². The number of nitrogens with one attached hydrogen (secondary N) is 2. The van der Waals surface area contributed by atoms with Crippen LogP contribution in [0, 0.1) is 6.92 Å². The van der Waals surface area contributed by atoms with Crippen molar-refractivity contribution < 1.29 is 27.5 Å². The van der Waals surface area contributed by atoms with Crippen molar-refractivity contribution >= 4 is 16.2 Å². The molecule has 0 aliphatic heterocycles. The molecule has 3 N–H and O–H groups in total. The predicted molar refractivity (Wildman–Crippen MR) is 66.0 cm³/mol. The molecule has 0 aliphatic carbocycles. The van der Waals surface area contributed by atoms with E-state index in [2.05, 4.69) is 9.44 Å². The molecule has 0 aromatic carbocycles. The zero-order chi connectivity index (χ0) is 14.5. The molecule has 0 aliphatic rings. The maximum atomic E-state index is 11.5. The van der Waals surface area contributed by atoms with Crippen molar-refractivity contribution in [1.29, 1.82) is 0 Å². The molecule has 0 saturated heterocycles. The number of ether oxygens (including phenoxy) is 1. The van der Waals surface area contributed by atoms with Gasteiger partial charge in [0, 0.05) is 13.7 Å². The van der Waals surface area contributed by atoms with E-state index in [0.717, 1.165) is 0 Å². The second-order valence-electron chi connectivity index (χ2n) is 3.70.